The number of anilines is 1. The zero-order valence-electron chi connectivity index (χ0n) is 12.1. The average Bonchev–Trinajstić information content (AvgIpc) is 2.41. The van der Waals surface area contributed by atoms with E-state index in [1.165, 1.54) is 6.07 Å². The van der Waals surface area contributed by atoms with Crippen LogP contribution >= 0.6 is 0 Å². The maximum absolute atomic E-state index is 13.6. The molecule has 4 nitrogen and oxygen atoms in total. The molecule has 0 saturated heterocycles. The summed E-state index contributed by atoms with van der Waals surface area (Å²) in [5.41, 5.74) is 2.07. The van der Waals surface area contributed by atoms with Crippen molar-refractivity contribution in [3.63, 3.8) is 0 Å². The van der Waals surface area contributed by atoms with Crippen LogP contribution in [0.25, 0.3) is 0 Å². The number of benzene rings is 1. The lowest BCUT2D eigenvalue weighted by Crippen LogP contribution is -2.13. The monoisotopic (exact) mass is 288 g/mol. The maximum Gasteiger partial charge on any atom is 0.339 e. The number of halogens is 1. The zero-order chi connectivity index (χ0) is 15.6. The standard InChI is InChI=1S/C16H17FN2O2/c1-9-4-5-12(8-13(9)17)11(3)19-15-14(16(20)21)10(2)6-7-18-15/h4-8,11H,1-3H3,(H,18,19)(H,20,21). The van der Waals surface area contributed by atoms with Crippen molar-refractivity contribution in [2.24, 2.45) is 0 Å². The lowest BCUT2D eigenvalue weighted by atomic mass is 10.1. The number of aromatic nitrogens is 1. The summed E-state index contributed by atoms with van der Waals surface area (Å²) in [5.74, 6) is -1.03. The molecule has 110 valence electrons. The van der Waals surface area contributed by atoms with E-state index in [0.29, 0.717) is 11.1 Å². The first-order chi connectivity index (χ1) is 9.90. The summed E-state index contributed by atoms with van der Waals surface area (Å²) in [5, 5.41) is 12.3. The molecule has 0 aliphatic heterocycles. The first kappa shape index (κ1) is 15.0. The second-order valence-corrected chi connectivity index (χ2v) is 5.03. The minimum atomic E-state index is -1.04. The van der Waals surface area contributed by atoms with E-state index in [0.717, 1.165) is 5.56 Å². The molecule has 0 amide bonds. The van der Waals surface area contributed by atoms with Crippen molar-refractivity contribution in [3.8, 4) is 0 Å². The molecule has 1 heterocycles. The van der Waals surface area contributed by atoms with E-state index in [1.807, 2.05) is 13.0 Å². The molecular weight excluding hydrogens is 271 g/mol. The molecule has 0 aliphatic carbocycles. The summed E-state index contributed by atoms with van der Waals surface area (Å²) < 4.78 is 13.6. The second-order valence-electron chi connectivity index (χ2n) is 5.03. The van der Waals surface area contributed by atoms with Crippen molar-refractivity contribution in [1.82, 2.24) is 4.98 Å². The van der Waals surface area contributed by atoms with Crippen molar-refractivity contribution in [1.29, 1.82) is 0 Å². The normalized spacial score (nSPS) is 12.0. The van der Waals surface area contributed by atoms with Gasteiger partial charge in [0.25, 0.3) is 0 Å². The van der Waals surface area contributed by atoms with E-state index >= 15 is 0 Å². The van der Waals surface area contributed by atoms with Gasteiger partial charge in [0.1, 0.15) is 17.2 Å². The number of aromatic carboxylic acids is 1. The highest BCUT2D eigenvalue weighted by molar-refractivity contribution is 5.94. The summed E-state index contributed by atoms with van der Waals surface area (Å²) in [7, 11) is 0. The first-order valence-electron chi connectivity index (χ1n) is 6.61. The Morgan fingerprint density at radius 2 is 2.00 bits per heavy atom. The Kier molecular flexibility index (Phi) is 4.21. The second kappa shape index (κ2) is 5.91. The number of nitrogens with one attached hydrogen (secondary N) is 1. The molecule has 2 aromatic rings. The van der Waals surface area contributed by atoms with E-state index in [1.54, 1.807) is 32.2 Å². The molecule has 5 heteroatoms. The Morgan fingerprint density at radius 1 is 1.29 bits per heavy atom. The molecule has 1 aromatic carbocycles. The van der Waals surface area contributed by atoms with Crippen LogP contribution in [0.1, 0.15) is 40.0 Å². The zero-order valence-corrected chi connectivity index (χ0v) is 12.1. The Hall–Kier alpha value is -2.43. The van der Waals surface area contributed by atoms with Crippen LogP contribution in [0.4, 0.5) is 10.2 Å². The fourth-order valence-corrected chi connectivity index (χ4v) is 2.10. The number of rotatable bonds is 4. The lowest BCUT2D eigenvalue weighted by molar-refractivity contribution is 0.0696. The molecule has 1 atom stereocenters. The van der Waals surface area contributed by atoms with E-state index in [2.05, 4.69) is 10.3 Å². The number of nitrogens with zero attached hydrogens (tertiary/aromatic N) is 1. The van der Waals surface area contributed by atoms with Crippen LogP contribution in [0.5, 0.6) is 0 Å². The number of carbonyl (C=O) groups is 1. The van der Waals surface area contributed by atoms with Crippen LogP contribution in [0, 0.1) is 19.7 Å². The molecule has 2 N–H and O–H groups in total. The van der Waals surface area contributed by atoms with Gasteiger partial charge in [-0.1, -0.05) is 12.1 Å². The van der Waals surface area contributed by atoms with Gasteiger partial charge >= 0.3 is 5.97 Å². The maximum atomic E-state index is 13.6. The molecule has 0 radical (unpaired) electrons. The van der Waals surface area contributed by atoms with Crippen molar-refractivity contribution < 1.29 is 14.3 Å². The summed E-state index contributed by atoms with van der Waals surface area (Å²) >= 11 is 0. The van der Waals surface area contributed by atoms with E-state index < -0.39 is 5.97 Å². The van der Waals surface area contributed by atoms with Gasteiger partial charge in [-0.15, -0.1) is 0 Å². The van der Waals surface area contributed by atoms with Crippen molar-refractivity contribution in [2.75, 3.05) is 5.32 Å². The molecule has 1 unspecified atom stereocenters. The molecule has 0 spiro atoms. The van der Waals surface area contributed by atoms with Gasteiger partial charge in [-0.3, -0.25) is 0 Å². The van der Waals surface area contributed by atoms with Crippen LogP contribution in [0.3, 0.4) is 0 Å². The molecule has 0 aliphatic rings. The quantitative estimate of drug-likeness (QED) is 0.900. The molecular formula is C16H17FN2O2. The third-order valence-corrected chi connectivity index (χ3v) is 3.42. The predicted octanol–water partition coefficient (Wildman–Crippen LogP) is 3.71. The highest BCUT2D eigenvalue weighted by Crippen LogP contribution is 2.23. The number of pyridine rings is 1. The van der Waals surface area contributed by atoms with Gasteiger partial charge in [0.15, 0.2) is 0 Å². The molecule has 0 saturated carbocycles. The van der Waals surface area contributed by atoms with Gasteiger partial charge in [-0.2, -0.15) is 0 Å². The summed E-state index contributed by atoms with van der Waals surface area (Å²) in [6, 6.07) is 6.35. The predicted molar refractivity (Wildman–Crippen MR) is 79.1 cm³/mol. The summed E-state index contributed by atoms with van der Waals surface area (Å²) in [6.45, 7) is 5.24. The van der Waals surface area contributed by atoms with Gasteiger partial charge in [-0.05, 0) is 49.6 Å². The van der Waals surface area contributed by atoms with Gasteiger partial charge in [0.05, 0.1) is 6.04 Å². The van der Waals surface area contributed by atoms with Crippen molar-refractivity contribution in [2.45, 2.75) is 26.8 Å². The SMILES string of the molecule is Cc1ccc(C(C)Nc2nccc(C)c2C(=O)O)cc1F. The minimum absolute atomic E-state index is 0.136. The third-order valence-electron chi connectivity index (χ3n) is 3.42. The summed E-state index contributed by atoms with van der Waals surface area (Å²) in [6.07, 6.45) is 1.55. The molecule has 2 rings (SSSR count). The van der Waals surface area contributed by atoms with Gasteiger partial charge in [0, 0.05) is 6.20 Å². The molecule has 0 fully saturated rings. The van der Waals surface area contributed by atoms with E-state index in [4.69, 9.17) is 0 Å². The van der Waals surface area contributed by atoms with Gasteiger partial charge in [-0.25, -0.2) is 14.2 Å². The van der Waals surface area contributed by atoms with E-state index in [-0.39, 0.29) is 23.2 Å². The fourth-order valence-electron chi connectivity index (χ4n) is 2.10. The number of carboxylic acid groups (broad SMARTS) is 1. The first-order valence-corrected chi connectivity index (χ1v) is 6.61. The minimum Gasteiger partial charge on any atom is -0.478 e. The van der Waals surface area contributed by atoms with Crippen LogP contribution in [0.15, 0.2) is 30.5 Å². The largest absolute Gasteiger partial charge is 0.478 e. The highest BCUT2D eigenvalue weighted by atomic mass is 19.1. The van der Waals surface area contributed by atoms with Crippen LogP contribution in [0.2, 0.25) is 0 Å². The number of aryl methyl sites for hydroxylation is 2. The van der Waals surface area contributed by atoms with Crippen molar-refractivity contribution >= 4 is 11.8 Å². The smallest absolute Gasteiger partial charge is 0.339 e. The molecule has 1 aromatic heterocycles. The van der Waals surface area contributed by atoms with E-state index in [9.17, 15) is 14.3 Å². The number of hydrogen-bond acceptors (Lipinski definition) is 3. The number of hydrogen-bond donors (Lipinski definition) is 2. The van der Waals surface area contributed by atoms with Gasteiger partial charge in [0.2, 0.25) is 0 Å². The topological polar surface area (TPSA) is 62.2 Å². The Morgan fingerprint density at radius 3 is 2.62 bits per heavy atom. The Labute approximate surface area is 122 Å². The van der Waals surface area contributed by atoms with Gasteiger partial charge < -0.3 is 10.4 Å². The van der Waals surface area contributed by atoms with Crippen LogP contribution in [-0.4, -0.2) is 16.1 Å². The van der Waals surface area contributed by atoms with Crippen molar-refractivity contribution in [3.05, 3.63) is 58.5 Å². The molecule has 21 heavy (non-hydrogen) atoms. The number of carboxylic acids is 1. The van der Waals surface area contributed by atoms with Crippen LogP contribution in [-0.2, 0) is 0 Å². The average molecular weight is 288 g/mol. The Balaban J connectivity index is 2.31. The third kappa shape index (κ3) is 3.18. The highest BCUT2D eigenvalue weighted by Gasteiger charge is 2.17. The molecule has 0 bridgehead atoms. The Bertz CT molecular complexity index is 686. The fraction of sp³-hybridized carbons (Fsp3) is 0.250. The van der Waals surface area contributed by atoms with Crippen LogP contribution < -0.4 is 5.32 Å². The summed E-state index contributed by atoms with van der Waals surface area (Å²) in [4.78, 5) is 15.4. The lowest BCUT2D eigenvalue weighted by Gasteiger charge is -2.17.